The van der Waals surface area contributed by atoms with Gasteiger partial charge in [-0.3, -0.25) is 4.79 Å². The number of aliphatic hydroxyl groups excluding tert-OH is 1. The van der Waals surface area contributed by atoms with Crippen LogP contribution >= 0.6 is 0 Å². The number of ether oxygens (including phenoxy) is 3. The SMILES string of the molecule is CC1(C)O[C@@H](C[C@@H](CCO)O[Si](c2ccccc2)(c2ccccc2)C(C)(C)C)C[C@H](C[C@@H](CCOC(=O)C(C)(C)C)O[Si](c2ccccc2)(c2ccccc2)C(C)(C)C)O1. The smallest absolute Gasteiger partial charge is 0.311 e. The number of carbonyl (C=O) groups is 1. The van der Waals surface area contributed by atoms with Gasteiger partial charge in [-0.05, 0) is 84.7 Å². The Bertz CT molecular complexity index is 1820. The van der Waals surface area contributed by atoms with Crippen molar-refractivity contribution in [3.05, 3.63) is 121 Å². The lowest BCUT2D eigenvalue weighted by Crippen LogP contribution is -2.68. The normalized spacial score (nSPS) is 18.7. The number of rotatable bonds is 17. The molecule has 1 aliphatic heterocycles. The quantitative estimate of drug-likeness (QED) is 0.0840. The van der Waals surface area contributed by atoms with Gasteiger partial charge in [-0.2, -0.15) is 0 Å². The van der Waals surface area contributed by atoms with E-state index in [1.807, 2.05) is 34.6 Å². The van der Waals surface area contributed by atoms with E-state index in [0.717, 1.165) is 0 Å². The van der Waals surface area contributed by atoms with Crippen LogP contribution in [0.3, 0.4) is 0 Å². The Labute approximate surface area is 363 Å². The highest BCUT2D eigenvalue weighted by molar-refractivity contribution is 7.00. The van der Waals surface area contributed by atoms with E-state index in [1.165, 1.54) is 20.7 Å². The number of esters is 1. The molecule has 9 heteroatoms. The van der Waals surface area contributed by atoms with Crippen molar-refractivity contribution in [3.63, 3.8) is 0 Å². The molecule has 0 aliphatic carbocycles. The summed E-state index contributed by atoms with van der Waals surface area (Å²) in [6.45, 7) is 23.5. The summed E-state index contributed by atoms with van der Waals surface area (Å²) in [6, 6.07) is 42.6. The highest BCUT2D eigenvalue weighted by atomic mass is 28.4. The summed E-state index contributed by atoms with van der Waals surface area (Å²) in [5.74, 6) is -1.11. The Balaban J connectivity index is 1.50. The molecule has 0 unspecified atom stereocenters. The highest BCUT2D eigenvalue weighted by Crippen LogP contribution is 2.41. The predicted octanol–water partition coefficient (Wildman–Crippen LogP) is 8.93. The van der Waals surface area contributed by atoms with Crippen LogP contribution < -0.4 is 20.7 Å². The van der Waals surface area contributed by atoms with E-state index in [0.29, 0.717) is 32.1 Å². The van der Waals surface area contributed by atoms with Gasteiger partial charge in [0.25, 0.3) is 16.6 Å². The molecular formula is C51H72O7Si2. The third-order valence-electron chi connectivity index (χ3n) is 11.7. The van der Waals surface area contributed by atoms with Gasteiger partial charge in [-0.1, -0.05) is 163 Å². The molecule has 60 heavy (non-hydrogen) atoms. The van der Waals surface area contributed by atoms with Crippen LogP contribution in [-0.2, 0) is 27.9 Å². The fraction of sp³-hybridized carbons (Fsp3) is 0.510. The van der Waals surface area contributed by atoms with E-state index in [2.05, 4.69) is 163 Å². The lowest BCUT2D eigenvalue weighted by atomic mass is 9.97. The monoisotopic (exact) mass is 852 g/mol. The first-order chi connectivity index (χ1) is 28.2. The molecule has 1 heterocycles. The van der Waals surface area contributed by atoms with Crippen molar-refractivity contribution < 1.29 is 33.0 Å². The number of aliphatic hydroxyl groups is 1. The first-order valence-electron chi connectivity index (χ1n) is 21.9. The van der Waals surface area contributed by atoms with Gasteiger partial charge < -0.3 is 28.2 Å². The second-order valence-corrected chi connectivity index (χ2v) is 28.6. The Morgan fingerprint density at radius 1 is 0.617 bits per heavy atom. The molecule has 1 fully saturated rings. The van der Waals surface area contributed by atoms with Gasteiger partial charge >= 0.3 is 5.97 Å². The zero-order valence-corrected chi connectivity index (χ0v) is 40.2. The van der Waals surface area contributed by atoms with Crippen LogP contribution in [0.1, 0.15) is 108 Å². The largest absolute Gasteiger partial charge is 0.465 e. The number of hydrogen-bond acceptors (Lipinski definition) is 7. The van der Waals surface area contributed by atoms with Crippen molar-refractivity contribution in [3.8, 4) is 0 Å². The number of hydrogen-bond donors (Lipinski definition) is 1. The average molecular weight is 853 g/mol. The maximum Gasteiger partial charge on any atom is 0.311 e. The van der Waals surface area contributed by atoms with Crippen LogP contribution in [0.5, 0.6) is 0 Å². The maximum absolute atomic E-state index is 13.0. The van der Waals surface area contributed by atoms with Gasteiger partial charge in [-0.25, -0.2) is 0 Å². The molecule has 0 saturated carbocycles. The number of benzene rings is 4. The van der Waals surface area contributed by atoms with E-state index < -0.39 is 27.8 Å². The third kappa shape index (κ3) is 11.3. The summed E-state index contributed by atoms with van der Waals surface area (Å²) in [4.78, 5) is 13.0. The molecule has 4 aromatic carbocycles. The Morgan fingerprint density at radius 2 is 0.950 bits per heavy atom. The molecule has 326 valence electrons. The zero-order chi connectivity index (χ0) is 43.8. The van der Waals surface area contributed by atoms with E-state index in [9.17, 15) is 9.90 Å². The van der Waals surface area contributed by atoms with Crippen LogP contribution in [0.2, 0.25) is 10.1 Å². The minimum atomic E-state index is -2.98. The van der Waals surface area contributed by atoms with Crippen molar-refractivity contribution >= 4 is 43.4 Å². The molecule has 1 N–H and O–H groups in total. The molecule has 0 radical (unpaired) electrons. The Kier molecular flexibility index (Phi) is 15.7. The van der Waals surface area contributed by atoms with E-state index in [4.69, 9.17) is 23.1 Å². The lowest BCUT2D eigenvalue weighted by molar-refractivity contribution is -0.305. The molecular weight excluding hydrogens is 781 g/mol. The third-order valence-corrected chi connectivity index (χ3v) is 21.9. The predicted molar refractivity (Wildman–Crippen MR) is 249 cm³/mol. The van der Waals surface area contributed by atoms with Gasteiger partial charge in [0.15, 0.2) is 5.79 Å². The number of carbonyl (C=O) groups excluding carboxylic acids is 1. The summed E-state index contributed by atoms with van der Waals surface area (Å²) < 4.78 is 34.8. The molecule has 7 nitrogen and oxygen atoms in total. The topological polar surface area (TPSA) is 83.5 Å². The van der Waals surface area contributed by atoms with Crippen molar-refractivity contribution in [2.75, 3.05) is 13.2 Å². The minimum absolute atomic E-state index is 0.000592. The first kappa shape index (κ1) is 47.6. The van der Waals surface area contributed by atoms with Crippen LogP contribution in [0.4, 0.5) is 0 Å². The maximum atomic E-state index is 13.0. The van der Waals surface area contributed by atoms with E-state index >= 15 is 0 Å². The zero-order valence-electron chi connectivity index (χ0n) is 38.2. The van der Waals surface area contributed by atoms with Crippen LogP contribution in [-0.4, -0.2) is 71.1 Å². The fourth-order valence-electron chi connectivity index (χ4n) is 9.07. The van der Waals surface area contributed by atoms with Gasteiger partial charge in [0.05, 0.1) is 36.4 Å². The summed E-state index contributed by atoms with van der Waals surface area (Å²) in [5, 5.41) is 14.9. The van der Waals surface area contributed by atoms with Crippen LogP contribution in [0.25, 0.3) is 0 Å². The molecule has 1 saturated heterocycles. The summed E-state index contributed by atoms with van der Waals surface area (Å²) in [6.07, 6.45) is 1.80. The molecule has 1 aliphatic rings. The van der Waals surface area contributed by atoms with Crippen LogP contribution in [0.15, 0.2) is 121 Å². The second-order valence-electron chi connectivity index (χ2n) is 20.1. The van der Waals surface area contributed by atoms with Crippen LogP contribution in [0, 0.1) is 5.41 Å². The molecule has 4 atom stereocenters. The van der Waals surface area contributed by atoms with Gasteiger partial charge in [0, 0.05) is 19.4 Å². The minimum Gasteiger partial charge on any atom is -0.465 e. The van der Waals surface area contributed by atoms with Crippen molar-refractivity contribution in [2.24, 2.45) is 5.41 Å². The second kappa shape index (κ2) is 19.7. The van der Waals surface area contributed by atoms with E-state index in [1.54, 1.807) is 0 Å². The molecule has 0 amide bonds. The van der Waals surface area contributed by atoms with Gasteiger partial charge in [-0.15, -0.1) is 0 Å². The summed E-state index contributed by atoms with van der Waals surface area (Å²) >= 11 is 0. The summed E-state index contributed by atoms with van der Waals surface area (Å²) in [5.41, 5.74) is -0.614. The lowest BCUT2D eigenvalue weighted by Gasteiger charge is -2.48. The average Bonchev–Trinajstić information content (AvgIpc) is 3.18. The molecule has 5 rings (SSSR count). The first-order valence-corrected chi connectivity index (χ1v) is 25.7. The molecule has 0 bridgehead atoms. The van der Waals surface area contributed by atoms with Gasteiger partial charge in [0.1, 0.15) is 0 Å². The molecule has 4 aromatic rings. The van der Waals surface area contributed by atoms with Gasteiger partial charge in [0.2, 0.25) is 0 Å². The Hall–Kier alpha value is -3.42. The van der Waals surface area contributed by atoms with Crippen molar-refractivity contribution in [1.29, 1.82) is 0 Å². The van der Waals surface area contributed by atoms with E-state index in [-0.39, 0.29) is 53.7 Å². The molecule has 0 spiro atoms. The standard InChI is InChI=1S/C51H72O7Si2/c1-48(2,3)47(53)54-35-33-40(58-60(50(7,8)9,45-28-20-14-21-29-45)46-30-22-15-23-31-46)37-42-38-41(55-51(10,11)56-42)36-39(32-34-52)57-59(49(4,5)6,43-24-16-12-17-25-43)44-26-18-13-19-27-44/h12-31,39-42,52H,32-38H2,1-11H3/t39-,40-,41+,42+/m1/s1. The van der Waals surface area contributed by atoms with Crippen molar-refractivity contribution in [1.82, 2.24) is 0 Å². The molecule has 0 aromatic heterocycles. The fourth-order valence-corrected chi connectivity index (χ4v) is 18.5. The van der Waals surface area contributed by atoms with Crippen molar-refractivity contribution in [2.45, 2.75) is 149 Å². The summed E-state index contributed by atoms with van der Waals surface area (Å²) in [7, 11) is -5.90. The highest BCUT2D eigenvalue weighted by Gasteiger charge is 2.53. The Morgan fingerprint density at radius 3 is 1.25 bits per heavy atom.